The second-order valence-corrected chi connectivity index (χ2v) is 4.23. The molecule has 0 heterocycles. The van der Waals surface area contributed by atoms with E-state index >= 15 is 0 Å². The van der Waals surface area contributed by atoms with Gasteiger partial charge in [-0.3, -0.25) is 4.79 Å². The van der Waals surface area contributed by atoms with Crippen LogP contribution >= 0.6 is 0 Å². The van der Waals surface area contributed by atoms with Crippen molar-refractivity contribution in [2.75, 3.05) is 0 Å². The molecule has 0 saturated heterocycles. The summed E-state index contributed by atoms with van der Waals surface area (Å²) < 4.78 is 0. The number of Topliss-reactive ketones (excluding diaryl/α,β-unsaturated/α-hetero) is 1. The number of aryl methyl sites for hydroxylation is 2. The molecule has 0 amide bonds. The second kappa shape index (κ2) is 4.43. The highest BCUT2D eigenvalue weighted by Crippen LogP contribution is 2.17. The SMILES string of the molecule is C=C(C)C(C)C(=O)c1ccc(C)c(C)c1. The summed E-state index contributed by atoms with van der Waals surface area (Å²) in [5.74, 6) is 0.0673. The molecule has 1 heteroatoms. The fourth-order valence-electron chi connectivity index (χ4n) is 1.37. The molecule has 15 heavy (non-hydrogen) atoms. The van der Waals surface area contributed by atoms with Gasteiger partial charge in [0.2, 0.25) is 0 Å². The quantitative estimate of drug-likeness (QED) is 0.539. The molecule has 0 aliphatic carbocycles. The highest BCUT2D eigenvalue weighted by Gasteiger charge is 2.15. The predicted molar refractivity (Wildman–Crippen MR) is 64.2 cm³/mol. The average molecular weight is 202 g/mol. The van der Waals surface area contributed by atoms with E-state index in [1.807, 2.05) is 45.9 Å². The van der Waals surface area contributed by atoms with E-state index in [4.69, 9.17) is 0 Å². The minimum absolute atomic E-state index is 0.0906. The van der Waals surface area contributed by atoms with Crippen LogP contribution in [0.4, 0.5) is 0 Å². The van der Waals surface area contributed by atoms with Gasteiger partial charge in [0.05, 0.1) is 0 Å². The lowest BCUT2D eigenvalue weighted by atomic mass is 9.92. The molecule has 0 aliphatic heterocycles. The molecule has 1 rings (SSSR count). The number of allylic oxidation sites excluding steroid dienone is 1. The number of carbonyl (C=O) groups excluding carboxylic acids is 1. The summed E-state index contributed by atoms with van der Waals surface area (Å²) in [6, 6.07) is 5.84. The largest absolute Gasteiger partial charge is 0.294 e. The van der Waals surface area contributed by atoms with Crippen molar-refractivity contribution in [3.63, 3.8) is 0 Å². The standard InChI is InChI=1S/C14H18O/c1-9(2)12(5)14(15)13-7-6-10(3)11(4)8-13/h6-8,12H,1H2,2-5H3. The lowest BCUT2D eigenvalue weighted by Gasteiger charge is -2.11. The first-order valence-electron chi connectivity index (χ1n) is 5.20. The lowest BCUT2D eigenvalue weighted by Crippen LogP contribution is -2.12. The molecule has 0 bridgehead atoms. The second-order valence-electron chi connectivity index (χ2n) is 4.23. The Morgan fingerprint density at radius 3 is 2.33 bits per heavy atom. The zero-order valence-corrected chi connectivity index (χ0v) is 9.92. The molecule has 0 radical (unpaired) electrons. The number of benzene rings is 1. The normalized spacial score (nSPS) is 12.3. The van der Waals surface area contributed by atoms with E-state index in [2.05, 4.69) is 6.58 Å². The van der Waals surface area contributed by atoms with Crippen molar-refractivity contribution in [3.8, 4) is 0 Å². The van der Waals surface area contributed by atoms with Crippen LogP contribution in [0.3, 0.4) is 0 Å². The summed E-state index contributed by atoms with van der Waals surface area (Å²) in [7, 11) is 0. The van der Waals surface area contributed by atoms with Crippen LogP contribution in [-0.4, -0.2) is 5.78 Å². The fraction of sp³-hybridized carbons (Fsp3) is 0.357. The number of hydrogen-bond acceptors (Lipinski definition) is 1. The Hall–Kier alpha value is -1.37. The van der Waals surface area contributed by atoms with Crippen molar-refractivity contribution in [1.29, 1.82) is 0 Å². The van der Waals surface area contributed by atoms with Crippen LogP contribution in [0.5, 0.6) is 0 Å². The Bertz CT molecular complexity index is 402. The molecule has 80 valence electrons. The van der Waals surface area contributed by atoms with E-state index in [9.17, 15) is 4.79 Å². The molecule has 1 aromatic rings. The summed E-state index contributed by atoms with van der Waals surface area (Å²) in [4.78, 5) is 12.0. The minimum Gasteiger partial charge on any atom is -0.294 e. The van der Waals surface area contributed by atoms with Crippen molar-refractivity contribution < 1.29 is 4.79 Å². The van der Waals surface area contributed by atoms with Crippen molar-refractivity contribution in [3.05, 3.63) is 47.0 Å². The molecule has 0 spiro atoms. The summed E-state index contributed by atoms with van der Waals surface area (Å²) in [6.07, 6.45) is 0. The van der Waals surface area contributed by atoms with Gasteiger partial charge in [0.25, 0.3) is 0 Å². The number of hydrogen-bond donors (Lipinski definition) is 0. The smallest absolute Gasteiger partial charge is 0.169 e. The molecule has 0 aliphatic rings. The first-order valence-corrected chi connectivity index (χ1v) is 5.20. The van der Waals surface area contributed by atoms with Gasteiger partial charge in [0.1, 0.15) is 0 Å². The molecule has 1 unspecified atom stereocenters. The third-order valence-corrected chi connectivity index (χ3v) is 2.92. The van der Waals surface area contributed by atoms with Crippen molar-refractivity contribution >= 4 is 5.78 Å². The maximum Gasteiger partial charge on any atom is 0.169 e. The lowest BCUT2D eigenvalue weighted by molar-refractivity contribution is 0.0948. The Balaban J connectivity index is 3.02. The van der Waals surface area contributed by atoms with E-state index in [0.717, 1.165) is 16.7 Å². The van der Waals surface area contributed by atoms with Crippen LogP contribution in [-0.2, 0) is 0 Å². The Morgan fingerprint density at radius 1 is 1.27 bits per heavy atom. The maximum atomic E-state index is 12.0. The zero-order chi connectivity index (χ0) is 11.6. The van der Waals surface area contributed by atoms with Gasteiger partial charge >= 0.3 is 0 Å². The van der Waals surface area contributed by atoms with Crippen molar-refractivity contribution in [1.82, 2.24) is 0 Å². The summed E-state index contributed by atoms with van der Waals surface area (Å²) in [6.45, 7) is 11.7. The van der Waals surface area contributed by atoms with Crippen LogP contribution in [0, 0.1) is 19.8 Å². The Labute approximate surface area is 91.8 Å². The summed E-state index contributed by atoms with van der Waals surface area (Å²) in [5.41, 5.74) is 4.08. The first-order chi connectivity index (χ1) is 6.93. The van der Waals surface area contributed by atoms with E-state index in [1.165, 1.54) is 5.56 Å². The van der Waals surface area contributed by atoms with E-state index in [-0.39, 0.29) is 11.7 Å². The highest BCUT2D eigenvalue weighted by molar-refractivity contribution is 5.99. The van der Waals surface area contributed by atoms with E-state index in [1.54, 1.807) is 0 Å². The third-order valence-electron chi connectivity index (χ3n) is 2.92. The third kappa shape index (κ3) is 2.56. The summed E-state index contributed by atoms with van der Waals surface area (Å²) in [5, 5.41) is 0. The Kier molecular flexibility index (Phi) is 3.46. The van der Waals surface area contributed by atoms with Gasteiger partial charge < -0.3 is 0 Å². The molecular weight excluding hydrogens is 184 g/mol. The minimum atomic E-state index is -0.0906. The van der Waals surface area contributed by atoms with Gasteiger partial charge in [-0.15, -0.1) is 0 Å². The monoisotopic (exact) mass is 202 g/mol. The molecule has 0 saturated carbocycles. The molecule has 1 aromatic carbocycles. The first kappa shape index (κ1) is 11.7. The summed E-state index contributed by atoms with van der Waals surface area (Å²) >= 11 is 0. The van der Waals surface area contributed by atoms with Crippen LogP contribution < -0.4 is 0 Å². The molecule has 0 aromatic heterocycles. The molecule has 1 atom stereocenters. The van der Waals surface area contributed by atoms with Gasteiger partial charge in [0.15, 0.2) is 5.78 Å². The van der Waals surface area contributed by atoms with Gasteiger partial charge in [0, 0.05) is 11.5 Å². The molecule has 0 N–H and O–H groups in total. The van der Waals surface area contributed by atoms with Crippen LogP contribution in [0.15, 0.2) is 30.4 Å². The number of ketones is 1. The average Bonchev–Trinajstić information content (AvgIpc) is 2.19. The molecule has 1 nitrogen and oxygen atoms in total. The number of rotatable bonds is 3. The van der Waals surface area contributed by atoms with Crippen molar-refractivity contribution in [2.45, 2.75) is 27.7 Å². The zero-order valence-electron chi connectivity index (χ0n) is 9.92. The van der Waals surface area contributed by atoms with Crippen LogP contribution in [0.2, 0.25) is 0 Å². The van der Waals surface area contributed by atoms with Gasteiger partial charge in [-0.1, -0.05) is 31.2 Å². The maximum absolute atomic E-state index is 12.0. The van der Waals surface area contributed by atoms with Gasteiger partial charge in [-0.2, -0.15) is 0 Å². The van der Waals surface area contributed by atoms with Crippen LogP contribution in [0.25, 0.3) is 0 Å². The van der Waals surface area contributed by atoms with Crippen LogP contribution in [0.1, 0.15) is 35.3 Å². The van der Waals surface area contributed by atoms with Crippen molar-refractivity contribution in [2.24, 2.45) is 5.92 Å². The molecular formula is C14H18O. The fourth-order valence-corrected chi connectivity index (χ4v) is 1.37. The number of carbonyl (C=O) groups is 1. The van der Waals surface area contributed by atoms with E-state index < -0.39 is 0 Å². The van der Waals surface area contributed by atoms with Gasteiger partial charge in [-0.05, 0) is 38.0 Å². The Morgan fingerprint density at radius 2 is 1.87 bits per heavy atom. The topological polar surface area (TPSA) is 17.1 Å². The molecule has 0 fully saturated rings. The predicted octanol–water partition coefficient (Wildman–Crippen LogP) is 3.70. The van der Waals surface area contributed by atoms with Gasteiger partial charge in [-0.25, -0.2) is 0 Å². The highest BCUT2D eigenvalue weighted by atomic mass is 16.1. The van der Waals surface area contributed by atoms with E-state index in [0.29, 0.717) is 0 Å².